The number of likely N-dealkylation sites (N-methyl/N-ethyl adjacent to an activating group) is 2. The first kappa shape index (κ1) is 55.3. The van der Waals surface area contributed by atoms with E-state index in [9.17, 15) is 36.7 Å². The van der Waals surface area contributed by atoms with E-state index in [1.54, 1.807) is 72.9 Å². The van der Waals surface area contributed by atoms with E-state index in [1.165, 1.54) is 33.9 Å². The zero-order valence-electron chi connectivity index (χ0n) is 44.4. The third-order valence-electron chi connectivity index (χ3n) is 14.4. The number of fused-ring (bicyclic) bond motifs is 4. The van der Waals surface area contributed by atoms with Crippen molar-refractivity contribution in [3.05, 3.63) is 132 Å². The third-order valence-corrected chi connectivity index (χ3v) is 14.4. The molecule has 2 radical (unpaired) electrons. The molecule has 8 aromatic rings. The zero-order chi connectivity index (χ0) is 56.8. The number of alkyl halides is 4. The molecule has 3 N–H and O–H groups in total. The maximum absolute atomic E-state index is 14.1. The Morgan fingerprint density at radius 2 is 1.21 bits per heavy atom. The molecular weight excluding hydrogens is 1270 g/mol. The number of amidine groups is 1. The van der Waals surface area contributed by atoms with E-state index in [2.05, 4.69) is 43.5 Å². The summed E-state index contributed by atoms with van der Waals surface area (Å²) in [5.41, 5.74) is 10.1. The van der Waals surface area contributed by atoms with Crippen LogP contribution >= 0.6 is 0 Å². The van der Waals surface area contributed by atoms with Crippen LogP contribution in [-0.2, 0) is 32.3 Å². The standard InChI is InChI=1S/C24H21F2N5O3.C22H22F2N6O2.C7H6N4O.BH.U/c1-11-24(33)30(2)10-18-21(28-23(31(11)18)12-6-7-12)13-4-3-5-16-14(13)8-15(22(25)26)20(27-16)17-9-19(32)34-29-17;1-10-22(31)29(2)9-16-17(27-21(30(10)16)11-6-7-11)12-4-3-5-15-13(12)8-14(19(23)24)18(26-15)20(25)28-32;12-7(10-3-1-8-5-10)11-4-2-9-6-11;;/h3-5,8,11-12,22H,6-7,9-10H2,1-2H3;3-5,8,10-11,19,32H,6-7,9H2,1-2H3,(H2,25,28);1-6H;1H;/i;;;1D;. The summed E-state index contributed by atoms with van der Waals surface area (Å²) in [6.45, 7) is 4.50. The van der Waals surface area contributed by atoms with Gasteiger partial charge in [-0.3, -0.25) is 18.7 Å². The van der Waals surface area contributed by atoms with Gasteiger partial charge in [0.15, 0.2) is 5.84 Å². The number of rotatable bonds is 8. The molecule has 2 saturated carbocycles. The Bertz CT molecular complexity index is 3760. The first-order valence-electron chi connectivity index (χ1n) is 25.5. The molecule has 0 bridgehead atoms. The van der Waals surface area contributed by atoms with E-state index in [-0.39, 0.29) is 90.1 Å². The number of nitrogens with two attached hydrogens (primary N) is 1. The average molecular weight is 1320 g/mol. The van der Waals surface area contributed by atoms with E-state index in [4.69, 9.17) is 22.2 Å². The second-order valence-electron chi connectivity index (χ2n) is 19.6. The SMILES string of the molecule is CC1C(=O)N(C)Cc2c(-c3cccc4nc(/C(N)=N/O)c(C(F)F)cc34)nc(C3CC3)n21.CC1C(=O)N(C)Cc2c(-c3cccc4nc(C5=NOC(=O)C5)c(C(F)F)cc34)nc(C3CC3)n21.O=C(n1ccnc1)n1ccnc1.[2H][B].[U]. The van der Waals surface area contributed by atoms with Gasteiger partial charge in [0.2, 0.25) is 11.8 Å². The Balaban J connectivity index is 0.000000157. The van der Waals surface area contributed by atoms with E-state index in [0.29, 0.717) is 69.2 Å². The summed E-state index contributed by atoms with van der Waals surface area (Å²) in [5, 5.41) is 16.5. The van der Waals surface area contributed by atoms with Gasteiger partial charge < -0.3 is 34.7 Å². The molecule has 2 aromatic carbocycles. The van der Waals surface area contributed by atoms with Gasteiger partial charge in [-0.2, -0.15) is 0 Å². The predicted molar refractivity (Wildman–Crippen MR) is 280 cm³/mol. The molecule has 6 aromatic heterocycles. The van der Waals surface area contributed by atoms with Gasteiger partial charge in [0.1, 0.15) is 47.8 Å². The number of hydrogen-bond acceptors (Lipinski definition) is 14. The molecule has 2 amide bonds. The van der Waals surface area contributed by atoms with Crippen molar-refractivity contribution >= 4 is 65.5 Å². The molecular formula is C53H50BF4N15O6U. The van der Waals surface area contributed by atoms with E-state index >= 15 is 0 Å². The number of pyridine rings is 2. The normalized spacial score (nSPS) is 17.8. The minimum Gasteiger partial charge on any atom is -0.409 e. The fourth-order valence-corrected chi connectivity index (χ4v) is 10.3. The van der Waals surface area contributed by atoms with Crippen molar-refractivity contribution in [2.75, 3.05) is 14.1 Å². The Labute approximate surface area is 480 Å². The molecule has 2 fully saturated rings. The quantitative estimate of drug-likeness (QED) is 0.0283. The number of amides is 2. The maximum Gasteiger partial charge on any atom is 0.341 e. The third kappa shape index (κ3) is 10.4. The monoisotopic (exact) mass is 1320 g/mol. The molecule has 80 heavy (non-hydrogen) atoms. The fourth-order valence-electron chi connectivity index (χ4n) is 10.3. The molecule has 9 heterocycles. The van der Waals surface area contributed by atoms with Gasteiger partial charge in [0.25, 0.3) is 12.9 Å². The van der Waals surface area contributed by atoms with Crippen molar-refractivity contribution in [2.24, 2.45) is 16.0 Å². The van der Waals surface area contributed by atoms with Crippen LogP contribution in [0.2, 0.25) is 0 Å². The van der Waals surface area contributed by atoms with Crippen LogP contribution in [0.5, 0.6) is 0 Å². The predicted octanol–water partition coefficient (Wildman–Crippen LogP) is 7.59. The van der Waals surface area contributed by atoms with E-state index in [1.807, 2.05) is 35.1 Å². The van der Waals surface area contributed by atoms with Gasteiger partial charge in [0, 0.05) is 123 Å². The summed E-state index contributed by atoms with van der Waals surface area (Å²) < 4.78 is 67.9. The van der Waals surface area contributed by atoms with Crippen LogP contribution < -0.4 is 5.73 Å². The van der Waals surface area contributed by atoms with Crippen molar-refractivity contribution < 1.29 is 77.9 Å². The van der Waals surface area contributed by atoms with Crippen LogP contribution in [-0.4, -0.2) is 122 Å². The van der Waals surface area contributed by atoms with Crippen molar-refractivity contribution in [3.63, 3.8) is 0 Å². The number of nitrogens with zero attached hydrogens (tertiary/aromatic N) is 14. The molecule has 408 valence electrons. The molecule has 2 aliphatic carbocycles. The number of oxime groups is 2. The fraction of sp³-hybridized carbons (Fsp3) is 0.321. The summed E-state index contributed by atoms with van der Waals surface area (Å²) >= 11 is 0. The van der Waals surface area contributed by atoms with E-state index < -0.39 is 30.2 Å². The van der Waals surface area contributed by atoms with Gasteiger partial charge in [-0.05, 0) is 65.1 Å². The smallest absolute Gasteiger partial charge is 0.341 e. The molecule has 13 rings (SSSR count). The Kier molecular flexibility index (Phi) is 15.6. The van der Waals surface area contributed by atoms with Crippen molar-refractivity contribution in [1.29, 1.82) is 1.34 Å². The minimum absolute atomic E-state index is 0. The van der Waals surface area contributed by atoms with Crippen LogP contribution in [0.15, 0.2) is 96.3 Å². The summed E-state index contributed by atoms with van der Waals surface area (Å²) in [4.78, 5) is 82.3. The molecule has 3 aliphatic heterocycles. The Morgan fingerprint density at radius 3 is 1.62 bits per heavy atom. The second-order valence-corrected chi connectivity index (χ2v) is 19.6. The van der Waals surface area contributed by atoms with Crippen LogP contribution in [0.4, 0.5) is 22.4 Å². The average Bonchev–Trinajstić information content (AvgIpc) is 4.33. The van der Waals surface area contributed by atoms with Gasteiger partial charge >= 0.3 is 12.0 Å². The van der Waals surface area contributed by atoms with Gasteiger partial charge in [-0.1, -0.05) is 34.6 Å². The van der Waals surface area contributed by atoms with Crippen molar-refractivity contribution in [1.82, 2.24) is 58.0 Å². The number of carbonyl (C=O) groups is 4. The van der Waals surface area contributed by atoms with Crippen molar-refractivity contribution in [2.45, 2.75) is 95.8 Å². The van der Waals surface area contributed by atoms with Crippen LogP contribution in [0.3, 0.4) is 0 Å². The summed E-state index contributed by atoms with van der Waals surface area (Å²) in [6.07, 6.45) is 7.35. The van der Waals surface area contributed by atoms with Gasteiger partial charge in [-0.25, -0.2) is 57.1 Å². The van der Waals surface area contributed by atoms with Gasteiger partial charge in [0.05, 0.1) is 59.0 Å². The summed E-state index contributed by atoms with van der Waals surface area (Å²) in [6, 6.07) is 12.5. The topological polar surface area (TPSA) is 252 Å². The van der Waals surface area contributed by atoms with Crippen LogP contribution in [0, 0.1) is 31.1 Å². The molecule has 0 saturated heterocycles. The number of aromatic nitrogens is 10. The first-order chi connectivity index (χ1) is 38.5. The van der Waals surface area contributed by atoms with E-state index in [0.717, 1.165) is 48.7 Å². The summed E-state index contributed by atoms with van der Waals surface area (Å²) in [7, 11) is 7.26. The van der Waals surface area contributed by atoms with Gasteiger partial charge in [-0.15, -0.1) is 0 Å². The Morgan fingerprint density at radius 1 is 0.738 bits per heavy atom. The maximum atomic E-state index is 14.1. The second kappa shape index (κ2) is 22.6. The number of benzene rings is 2. The molecule has 2 atom stereocenters. The molecule has 27 heteroatoms. The molecule has 5 aliphatic rings. The number of carbonyl (C=O) groups excluding carboxylic acids is 4. The number of halogens is 4. The molecule has 21 nitrogen and oxygen atoms in total. The zero-order valence-corrected chi connectivity index (χ0v) is 47.6. The number of hydrogen-bond donors (Lipinski definition) is 2. The van der Waals surface area contributed by atoms with Crippen LogP contribution in [0.1, 0.15) is 128 Å². The first-order valence-corrected chi connectivity index (χ1v) is 24.9. The largest absolute Gasteiger partial charge is 0.409 e. The Hall–Kier alpha value is -8.04. The van der Waals surface area contributed by atoms with Crippen molar-refractivity contribution in [3.8, 4) is 22.5 Å². The molecule has 0 spiro atoms. The van der Waals surface area contributed by atoms with Crippen LogP contribution in [0.25, 0.3) is 44.3 Å². The number of imidazole rings is 4. The minimum atomic E-state index is -2.86. The molecule has 2 unspecified atom stereocenters. The summed E-state index contributed by atoms with van der Waals surface area (Å²) in [5.74, 6) is 1.33.